The van der Waals surface area contributed by atoms with Crippen molar-refractivity contribution in [2.24, 2.45) is 5.92 Å². The van der Waals surface area contributed by atoms with Crippen molar-refractivity contribution in [1.82, 2.24) is 10.2 Å². The summed E-state index contributed by atoms with van der Waals surface area (Å²) >= 11 is 0. The fraction of sp³-hybridized carbons (Fsp3) is 1.00. The Hall–Kier alpha value is -0.120. The molecule has 3 nitrogen and oxygen atoms in total. The lowest BCUT2D eigenvalue weighted by atomic mass is 10.0. The normalized spacial score (nSPS) is 23.3. The van der Waals surface area contributed by atoms with Crippen molar-refractivity contribution >= 4 is 0 Å². The van der Waals surface area contributed by atoms with E-state index in [0.717, 1.165) is 25.7 Å². The summed E-state index contributed by atoms with van der Waals surface area (Å²) in [6.45, 7) is 10.9. The molecular formula is C14H30N2O. The zero-order chi connectivity index (χ0) is 12.7. The molecule has 0 amide bonds. The third-order valence-corrected chi connectivity index (χ3v) is 3.66. The Bertz CT molecular complexity index is 191. The highest BCUT2D eigenvalue weighted by Gasteiger charge is 2.19. The van der Waals surface area contributed by atoms with Crippen LogP contribution in [0.5, 0.6) is 0 Å². The third kappa shape index (κ3) is 5.84. The van der Waals surface area contributed by atoms with E-state index in [4.69, 9.17) is 4.74 Å². The van der Waals surface area contributed by atoms with Crippen LogP contribution in [-0.4, -0.2) is 50.3 Å². The monoisotopic (exact) mass is 242 g/mol. The van der Waals surface area contributed by atoms with Gasteiger partial charge in [-0.05, 0) is 32.2 Å². The maximum absolute atomic E-state index is 5.55. The molecule has 0 bridgehead atoms. The van der Waals surface area contributed by atoms with E-state index in [0.29, 0.717) is 12.1 Å². The number of nitrogens with one attached hydrogen (secondary N) is 1. The zero-order valence-electron chi connectivity index (χ0n) is 12.0. The summed E-state index contributed by atoms with van der Waals surface area (Å²) in [5.41, 5.74) is 0. The van der Waals surface area contributed by atoms with Gasteiger partial charge in [0.25, 0.3) is 0 Å². The van der Waals surface area contributed by atoms with Gasteiger partial charge in [0.1, 0.15) is 0 Å². The van der Waals surface area contributed by atoms with E-state index in [2.05, 4.69) is 38.0 Å². The Kier molecular flexibility index (Phi) is 7.09. The Morgan fingerprint density at radius 2 is 2.18 bits per heavy atom. The average molecular weight is 242 g/mol. The highest BCUT2D eigenvalue weighted by molar-refractivity contribution is 4.75. The first kappa shape index (κ1) is 14.9. The van der Waals surface area contributed by atoms with Gasteiger partial charge in [0.05, 0.1) is 6.61 Å². The summed E-state index contributed by atoms with van der Waals surface area (Å²) in [6.07, 6.45) is 3.78. The van der Waals surface area contributed by atoms with Crippen LogP contribution in [-0.2, 0) is 4.74 Å². The van der Waals surface area contributed by atoms with Crippen LogP contribution in [0.1, 0.15) is 40.0 Å². The van der Waals surface area contributed by atoms with E-state index in [1.165, 1.54) is 25.8 Å². The third-order valence-electron chi connectivity index (χ3n) is 3.66. The molecule has 0 saturated carbocycles. The van der Waals surface area contributed by atoms with Gasteiger partial charge in [-0.25, -0.2) is 0 Å². The smallest absolute Gasteiger partial charge is 0.0506 e. The highest BCUT2D eigenvalue weighted by atomic mass is 16.5. The van der Waals surface area contributed by atoms with Crippen molar-refractivity contribution in [2.75, 3.05) is 33.4 Å². The SMILES string of the molecule is CCC(CNC(C)C)N(C)CC1CCCOC1. The van der Waals surface area contributed by atoms with Gasteiger partial charge in [0.15, 0.2) is 0 Å². The minimum atomic E-state index is 0.579. The molecule has 0 aromatic rings. The molecule has 1 aliphatic heterocycles. The Morgan fingerprint density at radius 1 is 1.41 bits per heavy atom. The lowest BCUT2D eigenvalue weighted by Crippen LogP contribution is -2.44. The van der Waals surface area contributed by atoms with Crippen LogP contribution in [0.3, 0.4) is 0 Å². The van der Waals surface area contributed by atoms with E-state index < -0.39 is 0 Å². The molecule has 0 aromatic carbocycles. The second kappa shape index (κ2) is 8.06. The molecule has 3 heteroatoms. The molecule has 0 radical (unpaired) electrons. The molecule has 2 unspecified atom stereocenters. The van der Waals surface area contributed by atoms with Gasteiger partial charge in [0, 0.05) is 31.8 Å². The minimum Gasteiger partial charge on any atom is -0.381 e. The van der Waals surface area contributed by atoms with Gasteiger partial charge in [0.2, 0.25) is 0 Å². The number of hydrogen-bond acceptors (Lipinski definition) is 3. The van der Waals surface area contributed by atoms with Crippen molar-refractivity contribution in [2.45, 2.75) is 52.1 Å². The first-order valence-electron chi connectivity index (χ1n) is 7.14. The number of nitrogens with zero attached hydrogens (tertiary/aromatic N) is 1. The van der Waals surface area contributed by atoms with Crippen molar-refractivity contribution in [3.8, 4) is 0 Å². The topological polar surface area (TPSA) is 24.5 Å². The fourth-order valence-electron chi connectivity index (χ4n) is 2.49. The van der Waals surface area contributed by atoms with E-state index in [1.54, 1.807) is 0 Å². The van der Waals surface area contributed by atoms with Gasteiger partial charge >= 0.3 is 0 Å². The minimum absolute atomic E-state index is 0.579. The maximum atomic E-state index is 5.55. The fourth-order valence-corrected chi connectivity index (χ4v) is 2.49. The number of hydrogen-bond donors (Lipinski definition) is 1. The van der Waals surface area contributed by atoms with E-state index >= 15 is 0 Å². The van der Waals surface area contributed by atoms with Crippen LogP contribution in [0, 0.1) is 5.92 Å². The van der Waals surface area contributed by atoms with E-state index in [1.807, 2.05) is 0 Å². The second-order valence-electron chi connectivity index (χ2n) is 5.65. The van der Waals surface area contributed by atoms with E-state index in [9.17, 15) is 0 Å². The van der Waals surface area contributed by atoms with Crippen molar-refractivity contribution in [3.63, 3.8) is 0 Å². The van der Waals surface area contributed by atoms with Crippen LogP contribution in [0.2, 0.25) is 0 Å². The number of rotatable bonds is 7. The lowest BCUT2D eigenvalue weighted by molar-refractivity contribution is 0.0357. The van der Waals surface area contributed by atoms with Gasteiger partial charge in [-0.1, -0.05) is 20.8 Å². The number of likely N-dealkylation sites (N-methyl/N-ethyl adjacent to an activating group) is 1. The Labute approximate surface area is 107 Å². The molecule has 1 rings (SSSR count). The van der Waals surface area contributed by atoms with Crippen LogP contribution in [0.25, 0.3) is 0 Å². The molecular weight excluding hydrogens is 212 g/mol. The first-order chi connectivity index (χ1) is 8.13. The molecule has 1 fully saturated rings. The van der Waals surface area contributed by atoms with Crippen LogP contribution < -0.4 is 5.32 Å². The lowest BCUT2D eigenvalue weighted by Gasteiger charge is -2.33. The predicted octanol–water partition coefficient (Wildman–Crippen LogP) is 2.12. The van der Waals surface area contributed by atoms with Gasteiger partial charge < -0.3 is 15.0 Å². The predicted molar refractivity (Wildman–Crippen MR) is 73.4 cm³/mol. The van der Waals surface area contributed by atoms with Crippen LogP contribution in [0.15, 0.2) is 0 Å². The molecule has 0 aliphatic carbocycles. The van der Waals surface area contributed by atoms with Crippen LogP contribution >= 0.6 is 0 Å². The summed E-state index contributed by atoms with van der Waals surface area (Å²) in [4.78, 5) is 2.51. The van der Waals surface area contributed by atoms with Crippen molar-refractivity contribution < 1.29 is 4.74 Å². The summed E-state index contributed by atoms with van der Waals surface area (Å²) < 4.78 is 5.55. The highest BCUT2D eigenvalue weighted by Crippen LogP contribution is 2.16. The Morgan fingerprint density at radius 3 is 2.71 bits per heavy atom. The summed E-state index contributed by atoms with van der Waals surface area (Å²) in [5, 5.41) is 3.54. The van der Waals surface area contributed by atoms with Gasteiger partial charge in [-0.15, -0.1) is 0 Å². The largest absolute Gasteiger partial charge is 0.381 e. The number of ether oxygens (including phenoxy) is 1. The summed E-state index contributed by atoms with van der Waals surface area (Å²) in [6, 6.07) is 1.23. The molecule has 17 heavy (non-hydrogen) atoms. The molecule has 0 aromatic heterocycles. The summed E-state index contributed by atoms with van der Waals surface area (Å²) in [7, 11) is 2.25. The molecule has 1 heterocycles. The van der Waals surface area contributed by atoms with E-state index in [-0.39, 0.29) is 0 Å². The molecule has 0 spiro atoms. The quantitative estimate of drug-likeness (QED) is 0.740. The molecule has 2 atom stereocenters. The molecule has 1 saturated heterocycles. The van der Waals surface area contributed by atoms with Gasteiger partial charge in [-0.2, -0.15) is 0 Å². The molecule has 1 aliphatic rings. The van der Waals surface area contributed by atoms with Crippen LogP contribution in [0.4, 0.5) is 0 Å². The Balaban J connectivity index is 2.28. The standard InChI is InChI=1S/C14H30N2O/c1-5-14(9-15-12(2)3)16(4)10-13-7-6-8-17-11-13/h12-15H,5-11H2,1-4H3. The average Bonchev–Trinajstić information content (AvgIpc) is 2.30. The first-order valence-corrected chi connectivity index (χ1v) is 7.14. The second-order valence-corrected chi connectivity index (χ2v) is 5.65. The van der Waals surface area contributed by atoms with Crippen molar-refractivity contribution in [3.05, 3.63) is 0 Å². The van der Waals surface area contributed by atoms with Gasteiger partial charge in [-0.3, -0.25) is 0 Å². The maximum Gasteiger partial charge on any atom is 0.0506 e. The van der Waals surface area contributed by atoms with Crippen molar-refractivity contribution in [1.29, 1.82) is 0 Å². The molecule has 102 valence electrons. The summed E-state index contributed by atoms with van der Waals surface area (Å²) in [5.74, 6) is 0.738. The molecule has 1 N–H and O–H groups in total. The zero-order valence-corrected chi connectivity index (χ0v) is 12.0.